The molecule has 0 atom stereocenters. The first kappa shape index (κ1) is 26.0. The van der Waals surface area contributed by atoms with Gasteiger partial charge in [0.15, 0.2) is 8.32 Å². The van der Waals surface area contributed by atoms with E-state index in [4.69, 9.17) is 14.6 Å². The molecule has 7 heteroatoms. The van der Waals surface area contributed by atoms with Gasteiger partial charge in [0.2, 0.25) is 0 Å². The van der Waals surface area contributed by atoms with Crippen molar-refractivity contribution in [1.29, 1.82) is 0 Å². The van der Waals surface area contributed by atoms with E-state index in [9.17, 15) is 0 Å². The van der Waals surface area contributed by atoms with E-state index in [-0.39, 0.29) is 5.04 Å². The van der Waals surface area contributed by atoms with Crippen LogP contribution in [0.5, 0.6) is 0 Å². The highest BCUT2D eigenvalue weighted by Gasteiger charge is 2.40. The maximum absolute atomic E-state index is 6.71. The van der Waals surface area contributed by atoms with Crippen LogP contribution >= 0.6 is 0 Å². The smallest absolute Gasteiger partial charge is 0.192 e. The Kier molecular flexibility index (Phi) is 6.67. The first-order chi connectivity index (χ1) is 18.7. The SMILES string of the molecule is CC(C)(C)[Si](C)(C)OC1CCC(n2cc(-c3ccc4cnn(Cc5ccc6ncccc6c5)c4c3)cn2)CC1. The fourth-order valence-corrected chi connectivity index (χ4v) is 6.90. The first-order valence-corrected chi connectivity index (χ1v) is 17.1. The van der Waals surface area contributed by atoms with Crippen LogP contribution in [0, 0.1) is 0 Å². The number of nitrogens with zero attached hydrogens (tertiary/aromatic N) is 5. The molecule has 0 amide bonds. The Bertz CT molecular complexity index is 1600. The zero-order chi connectivity index (χ0) is 27.2. The van der Waals surface area contributed by atoms with Gasteiger partial charge in [0, 0.05) is 34.8 Å². The van der Waals surface area contributed by atoms with Gasteiger partial charge in [-0.1, -0.05) is 45.0 Å². The van der Waals surface area contributed by atoms with Gasteiger partial charge in [0.05, 0.1) is 36.0 Å². The third-order valence-electron chi connectivity index (χ3n) is 8.86. The second-order valence-corrected chi connectivity index (χ2v) is 17.4. The molecule has 1 aliphatic rings. The van der Waals surface area contributed by atoms with E-state index in [0.29, 0.717) is 12.1 Å². The topological polar surface area (TPSA) is 57.8 Å². The molecule has 6 nitrogen and oxygen atoms in total. The third-order valence-corrected chi connectivity index (χ3v) is 13.4. The summed E-state index contributed by atoms with van der Waals surface area (Å²) in [5, 5.41) is 12.1. The molecule has 6 rings (SSSR count). The van der Waals surface area contributed by atoms with Gasteiger partial charge in [0.1, 0.15) is 0 Å². The lowest BCUT2D eigenvalue weighted by molar-refractivity contribution is 0.115. The minimum absolute atomic E-state index is 0.254. The number of pyridine rings is 1. The highest BCUT2D eigenvalue weighted by atomic mass is 28.4. The molecule has 0 aliphatic heterocycles. The van der Waals surface area contributed by atoms with Crippen molar-refractivity contribution in [1.82, 2.24) is 24.5 Å². The molecule has 0 radical (unpaired) electrons. The number of aromatic nitrogens is 5. The molecule has 1 aliphatic carbocycles. The minimum atomic E-state index is -1.72. The average Bonchev–Trinajstić information content (AvgIpc) is 3.56. The van der Waals surface area contributed by atoms with Crippen LogP contribution in [0.3, 0.4) is 0 Å². The maximum Gasteiger partial charge on any atom is 0.192 e. The summed E-state index contributed by atoms with van der Waals surface area (Å²) in [6.45, 7) is 12.4. The molecule has 5 aromatic rings. The number of benzene rings is 2. The van der Waals surface area contributed by atoms with Gasteiger partial charge in [-0.05, 0) is 79.2 Å². The molecule has 1 saturated carbocycles. The summed E-state index contributed by atoms with van der Waals surface area (Å²) < 4.78 is 11.0. The van der Waals surface area contributed by atoms with E-state index in [0.717, 1.165) is 59.6 Å². The monoisotopic (exact) mass is 537 g/mol. The lowest BCUT2D eigenvalue weighted by Crippen LogP contribution is -2.44. The molecular formula is C32H39N5OSi. The fraction of sp³-hybridized carbons (Fsp3) is 0.406. The van der Waals surface area contributed by atoms with E-state index in [1.54, 1.807) is 0 Å². The summed E-state index contributed by atoms with van der Waals surface area (Å²) in [6, 6.07) is 17.6. The number of rotatable bonds is 6. The van der Waals surface area contributed by atoms with E-state index >= 15 is 0 Å². The van der Waals surface area contributed by atoms with Crippen LogP contribution < -0.4 is 0 Å². The number of hydrogen-bond donors (Lipinski definition) is 0. The first-order valence-electron chi connectivity index (χ1n) is 14.2. The Morgan fingerprint density at radius 3 is 2.51 bits per heavy atom. The van der Waals surface area contributed by atoms with Crippen LogP contribution in [0.1, 0.15) is 58.1 Å². The van der Waals surface area contributed by atoms with Crippen LogP contribution in [0.15, 0.2) is 73.3 Å². The predicted octanol–water partition coefficient (Wildman–Crippen LogP) is 8.00. The van der Waals surface area contributed by atoms with Crippen molar-refractivity contribution < 1.29 is 4.43 Å². The van der Waals surface area contributed by atoms with Crippen molar-refractivity contribution in [2.45, 2.75) is 83.3 Å². The van der Waals surface area contributed by atoms with Crippen molar-refractivity contribution in [2.75, 3.05) is 0 Å². The number of hydrogen-bond acceptors (Lipinski definition) is 4. The summed E-state index contributed by atoms with van der Waals surface area (Å²) in [5.74, 6) is 0. The Hall–Kier alpha value is -3.29. The van der Waals surface area contributed by atoms with Crippen LogP contribution in [-0.4, -0.2) is 39.0 Å². The summed E-state index contributed by atoms with van der Waals surface area (Å²) >= 11 is 0. The van der Waals surface area contributed by atoms with Gasteiger partial charge in [0.25, 0.3) is 0 Å². The molecule has 0 N–H and O–H groups in total. The van der Waals surface area contributed by atoms with Crippen molar-refractivity contribution in [3.63, 3.8) is 0 Å². The third kappa shape index (κ3) is 5.30. The van der Waals surface area contributed by atoms with Gasteiger partial charge in [-0.3, -0.25) is 14.3 Å². The Balaban J connectivity index is 1.16. The molecule has 0 saturated heterocycles. The molecule has 0 bridgehead atoms. The number of fused-ring (bicyclic) bond motifs is 2. The van der Waals surface area contributed by atoms with Crippen molar-refractivity contribution >= 4 is 30.1 Å². The van der Waals surface area contributed by atoms with Crippen LogP contribution in [0.2, 0.25) is 18.1 Å². The zero-order valence-corrected chi connectivity index (χ0v) is 24.8. The van der Waals surface area contributed by atoms with Gasteiger partial charge in [-0.2, -0.15) is 10.2 Å². The molecule has 3 heterocycles. The second kappa shape index (κ2) is 10.0. The van der Waals surface area contributed by atoms with Crippen molar-refractivity contribution in [3.8, 4) is 11.1 Å². The Labute approximate surface area is 232 Å². The largest absolute Gasteiger partial charge is 0.414 e. The summed E-state index contributed by atoms with van der Waals surface area (Å²) in [4.78, 5) is 4.44. The van der Waals surface area contributed by atoms with E-state index in [1.807, 2.05) is 24.7 Å². The molecule has 202 valence electrons. The Morgan fingerprint density at radius 2 is 1.72 bits per heavy atom. The Morgan fingerprint density at radius 1 is 0.897 bits per heavy atom. The van der Waals surface area contributed by atoms with Gasteiger partial charge >= 0.3 is 0 Å². The molecule has 0 unspecified atom stereocenters. The van der Waals surface area contributed by atoms with E-state index in [1.165, 1.54) is 11.1 Å². The lowest BCUT2D eigenvalue weighted by Gasteiger charge is -2.41. The average molecular weight is 538 g/mol. The maximum atomic E-state index is 6.71. The second-order valence-electron chi connectivity index (χ2n) is 12.6. The van der Waals surface area contributed by atoms with Gasteiger partial charge in [-0.25, -0.2) is 0 Å². The van der Waals surface area contributed by atoms with Crippen LogP contribution in [0.4, 0.5) is 0 Å². The van der Waals surface area contributed by atoms with Crippen LogP contribution in [-0.2, 0) is 11.0 Å². The fourth-order valence-electron chi connectivity index (χ4n) is 5.48. The lowest BCUT2D eigenvalue weighted by atomic mass is 9.93. The van der Waals surface area contributed by atoms with Gasteiger partial charge in [-0.15, -0.1) is 0 Å². The molecule has 39 heavy (non-hydrogen) atoms. The predicted molar refractivity (Wildman–Crippen MR) is 161 cm³/mol. The van der Waals surface area contributed by atoms with Crippen molar-refractivity contribution in [3.05, 3.63) is 78.9 Å². The van der Waals surface area contributed by atoms with Gasteiger partial charge < -0.3 is 4.43 Å². The molecule has 0 spiro atoms. The molecule has 1 fully saturated rings. The minimum Gasteiger partial charge on any atom is -0.414 e. The van der Waals surface area contributed by atoms with Crippen LogP contribution in [0.25, 0.3) is 32.9 Å². The highest BCUT2D eigenvalue weighted by Crippen LogP contribution is 2.40. The van der Waals surface area contributed by atoms with Crippen molar-refractivity contribution in [2.24, 2.45) is 0 Å². The van der Waals surface area contributed by atoms with E-state index in [2.05, 4.69) is 96.9 Å². The zero-order valence-electron chi connectivity index (χ0n) is 23.8. The summed E-state index contributed by atoms with van der Waals surface area (Å²) in [7, 11) is -1.72. The normalized spacial score (nSPS) is 18.7. The standard InChI is InChI=1S/C32H39N5OSi/c1-32(2,3)39(4,5)38-29-13-11-28(12-14-29)36-22-27(20-34-36)24-9-10-26-19-35-37(31(26)18-24)21-23-8-15-30-25(17-23)7-6-16-33-30/h6-10,15-20,22,28-29H,11-14,21H2,1-5H3. The summed E-state index contributed by atoms with van der Waals surface area (Å²) in [5.41, 5.74) is 5.69. The van der Waals surface area contributed by atoms with E-state index < -0.39 is 8.32 Å². The molecule has 2 aromatic carbocycles. The summed E-state index contributed by atoms with van der Waals surface area (Å²) in [6.07, 6.45) is 12.9. The quantitative estimate of drug-likeness (QED) is 0.206. The highest BCUT2D eigenvalue weighted by molar-refractivity contribution is 6.74. The molecular weight excluding hydrogens is 498 g/mol. The molecule has 3 aromatic heterocycles.